The molecule has 4 heteroatoms. The highest BCUT2D eigenvalue weighted by molar-refractivity contribution is 7.96. The molecule has 2 fully saturated rings. The van der Waals surface area contributed by atoms with Crippen LogP contribution in [0.25, 0.3) is 0 Å². The molecule has 0 spiro atoms. The van der Waals surface area contributed by atoms with Gasteiger partial charge in [0, 0.05) is 31.9 Å². The van der Waals surface area contributed by atoms with Crippen LogP contribution in [0.3, 0.4) is 0 Å². The lowest BCUT2D eigenvalue weighted by molar-refractivity contribution is 0.320. The monoisotopic (exact) mass is 389 g/mol. The first-order chi connectivity index (χ1) is 13.3. The SMILES string of the molecule is CCCSN(CCC)Cc1c(CN2CCCC2)cccc1CN1CCCC1. The van der Waals surface area contributed by atoms with Crippen LogP contribution in [-0.2, 0) is 19.6 Å². The van der Waals surface area contributed by atoms with Crippen LogP contribution >= 0.6 is 11.9 Å². The Hall–Kier alpha value is -0.550. The first kappa shape index (κ1) is 21.2. The summed E-state index contributed by atoms with van der Waals surface area (Å²) < 4.78 is 2.62. The van der Waals surface area contributed by atoms with Crippen LogP contribution < -0.4 is 0 Å². The van der Waals surface area contributed by atoms with Gasteiger partial charge in [-0.3, -0.25) is 9.80 Å². The Morgan fingerprint density at radius 1 is 0.852 bits per heavy atom. The highest BCUT2D eigenvalue weighted by atomic mass is 32.2. The lowest BCUT2D eigenvalue weighted by atomic mass is 9.99. The van der Waals surface area contributed by atoms with E-state index in [1.807, 2.05) is 11.9 Å². The van der Waals surface area contributed by atoms with Crippen molar-refractivity contribution in [1.29, 1.82) is 0 Å². The summed E-state index contributed by atoms with van der Waals surface area (Å²) in [6.07, 6.45) is 7.97. The van der Waals surface area contributed by atoms with Gasteiger partial charge >= 0.3 is 0 Å². The van der Waals surface area contributed by atoms with Crippen molar-refractivity contribution in [2.45, 2.75) is 72.0 Å². The summed E-state index contributed by atoms with van der Waals surface area (Å²) in [5.41, 5.74) is 4.77. The van der Waals surface area contributed by atoms with Crippen molar-refractivity contribution in [2.75, 3.05) is 38.5 Å². The van der Waals surface area contributed by atoms with E-state index in [1.165, 1.54) is 77.0 Å². The molecule has 2 heterocycles. The van der Waals surface area contributed by atoms with Crippen molar-refractivity contribution in [1.82, 2.24) is 14.1 Å². The van der Waals surface area contributed by atoms with E-state index in [2.05, 4.69) is 46.2 Å². The van der Waals surface area contributed by atoms with Gasteiger partial charge in [-0.05, 0) is 81.4 Å². The number of hydrogen-bond acceptors (Lipinski definition) is 4. The molecule has 2 saturated heterocycles. The van der Waals surface area contributed by atoms with Crippen molar-refractivity contribution >= 4 is 11.9 Å². The van der Waals surface area contributed by atoms with Crippen molar-refractivity contribution in [3.05, 3.63) is 34.9 Å². The number of likely N-dealkylation sites (tertiary alicyclic amines) is 2. The fourth-order valence-electron chi connectivity index (χ4n) is 4.39. The van der Waals surface area contributed by atoms with Gasteiger partial charge in [-0.15, -0.1) is 0 Å². The molecule has 0 amide bonds. The van der Waals surface area contributed by atoms with Crippen molar-refractivity contribution in [3.8, 4) is 0 Å². The highest BCUT2D eigenvalue weighted by Gasteiger charge is 2.20. The number of hydrogen-bond donors (Lipinski definition) is 0. The second-order valence-corrected chi connectivity index (χ2v) is 9.40. The average Bonchev–Trinajstić information content (AvgIpc) is 3.36. The third-order valence-corrected chi connectivity index (χ3v) is 7.11. The van der Waals surface area contributed by atoms with Gasteiger partial charge in [0.25, 0.3) is 0 Å². The molecule has 0 saturated carbocycles. The molecular formula is C23H39N3S. The molecule has 1 aromatic carbocycles. The summed E-state index contributed by atoms with van der Waals surface area (Å²) in [5.74, 6) is 1.23. The third-order valence-electron chi connectivity index (χ3n) is 5.84. The molecule has 152 valence electrons. The van der Waals surface area contributed by atoms with Gasteiger partial charge in [0.15, 0.2) is 0 Å². The van der Waals surface area contributed by atoms with Crippen LogP contribution in [0.5, 0.6) is 0 Å². The van der Waals surface area contributed by atoms with E-state index in [-0.39, 0.29) is 0 Å². The zero-order valence-corrected chi connectivity index (χ0v) is 18.4. The summed E-state index contributed by atoms with van der Waals surface area (Å²) in [6, 6.07) is 7.11. The van der Waals surface area contributed by atoms with Gasteiger partial charge in [0.05, 0.1) is 0 Å². The van der Waals surface area contributed by atoms with Crippen LogP contribution in [0.4, 0.5) is 0 Å². The molecule has 0 aromatic heterocycles. The molecule has 0 bridgehead atoms. The standard InChI is InChI=1S/C23H39N3S/c1-3-12-26(27-17-4-2)20-23-21(18-24-13-5-6-14-24)10-9-11-22(23)19-25-15-7-8-16-25/h9-11H,3-8,12-20H2,1-2H3. The first-order valence-corrected chi connectivity index (χ1v) is 12.2. The molecule has 1 aromatic rings. The second kappa shape index (κ2) is 11.5. The summed E-state index contributed by atoms with van der Waals surface area (Å²) in [4.78, 5) is 5.31. The summed E-state index contributed by atoms with van der Waals surface area (Å²) in [7, 11) is 0. The lowest BCUT2D eigenvalue weighted by Crippen LogP contribution is -2.25. The number of nitrogens with zero attached hydrogens (tertiary/aromatic N) is 3. The van der Waals surface area contributed by atoms with E-state index >= 15 is 0 Å². The zero-order chi connectivity index (χ0) is 18.9. The fourth-order valence-corrected chi connectivity index (χ4v) is 5.36. The smallest absolute Gasteiger partial charge is 0.0347 e. The quantitative estimate of drug-likeness (QED) is 0.484. The maximum Gasteiger partial charge on any atom is 0.0347 e. The van der Waals surface area contributed by atoms with E-state index in [1.54, 1.807) is 16.7 Å². The molecule has 27 heavy (non-hydrogen) atoms. The van der Waals surface area contributed by atoms with Gasteiger partial charge < -0.3 is 0 Å². The Balaban J connectivity index is 1.79. The summed E-state index contributed by atoms with van der Waals surface area (Å²) in [6.45, 7) is 14.3. The van der Waals surface area contributed by atoms with E-state index in [0.29, 0.717) is 0 Å². The minimum Gasteiger partial charge on any atom is -0.299 e. The van der Waals surface area contributed by atoms with Gasteiger partial charge in [-0.25, -0.2) is 4.31 Å². The van der Waals surface area contributed by atoms with Crippen LogP contribution in [0, 0.1) is 0 Å². The predicted molar refractivity (Wildman–Crippen MR) is 119 cm³/mol. The molecule has 0 aliphatic carbocycles. The Morgan fingerprint density at radius 2 is 1.41 bits per heavy atom. The van der Waals surface area contributed by atoms with Crippen LogP contribution in [0.2, 0.25) is 0 Å². The minimum absolute atomic E-state index is 1.10. The lowest BCUT2D eigenvalue weighted by Gasteiger charge is -2.27. The van der Waals surface area contributed by atoms with E-state index < -0.39 is 0 Å². The Bertz CT molecular complexity index is 514. The van der Waals surface area contributed by atoms with Crippen molar-refractivity contribution in [3.63, 3.8) is 0 Å². The predicted octanol–water partition coefficient (Wildman–Crippen LogP) is 5.15. The molecule has 2 aliphatic rings. The second-order valence-electron chi connectivity index (χ2n) is 8.22. The van der Waals surface area contributed by atoms with E-state index in [0.717, 1.165) is 19.6 Å². The Labute approximate surface area is 171 Å². The molecule has 3 nitrogen and oxygen atoms in total. The molecular weight excluding hydrogens is 350 g/mol. The topological polar surface area (TPSA) is 9.72 Å². The van der Waals surface area contributed by atoms with E-state index in [4.69, 9.17) is 0 Å². The maximum absolute atomic E-state index is 2.65. The van der Waals surface area contributed by atoms with Crippen molar-refractivity contribution in [2.24, 2.45) is 0 Å². The summed E-state index contributed by atoms with van der Waals surface area (Å²) in [5, 5.41) is 0. The normalized spacial score (nSPS) is 18.8. The number of benzene rings is 1. The van der Waals surface area contributed by atoms with Crippen LogP contribution in [-0.4, -0.2) is 52.6 Å². The van der Waals surface area contributed by atoms with Gasteiger partial charge in [-0.2, -0.15) is 0 Å². The number of rotatable bonds is 11. The molecule has 3 rings (SSSR count). The van der Waals surface area contributed by atoms with Crippen LogP contribution in [0.1, 0.15) is 69.1 Å². The van der Waals surface area contributed by atoms with Gasteiger partial charge in [0.1, 0.15) is 0 Å². The van der Waals surface area contributed by atoms with E-state index in [9.17, 15) is 0 Å². The molecule has 0 unspecified atom stereocenters. The van der Waals surface area contributed by atoms with Gasteiger partial charge in [0.2, 0.25) is 0 Å². The largest absolute Gasteiger partial charge is 0.299 e. The van der Waals surface area contributed by atoms with Crippen LogP contribution in [0.15, 0.2) is 18.2 Å². The van der Waals surface area contributed by atoms with Gasteiger partial charge in [-0.1, -0.05) is 44.0 Å². The maximum atomic E-state index is 2.65. The molecule has 0 N–H and O–H groups in total. The Kier molecular flexibility index (Phi) is 8.98. The first-order valence-electron chi connectivity index (χ1n) is 11.2. The third kappa shape index (κ3) is 6.49. The molecule has 2 aliphatic heterocycles. The fraction of sp³-hybridized carbons (Fsp3) is 0.739. The summed E-state index contributed by atoms with van der Waals surface area (Å²) >= 11 is 2.05. The molecule has 0 radical (unpaired) electrons. The molecule has 0 atom stereocenters. The average molecular weight is 390 g/mol. The minimum atomic E-state index is 1.10. The Morgan fingerprint density at radius 3 is 1.89 bits per heavy atom. The zero-order valence-electron chi connectivity index (χ0n) is 17.6. The highest BCUT2D eigenvalue weighted by Crippen LogP contribution is 2.26. The van der Waals surface area contributed by atoms with Crippen molar-refractivity contribution < 1.29 is 0 Å².